The fraction of sp³-hybridized carbons (Fsp3) is 0.846. The van der Waals surface area contributed by atoms with E-state index in [1.54, 1.807) is 0 Å². The lowest BCUT2D eigenvalue weighted by atomic mass is 9.91. The Bertz CT molecular complexity index is 231. The Morgan fingerprint density at radius 2 is 1.73 bits per heavy atom. The molecular weight excluding hydrogens is 200 g/mol. The molecule has 0 spiro atoms. The minimum atomic E-state index is -1.41. The summed E-state index contributed by atoms with van der Waals surface area (Å²) in [5.74, 6) is 1.29. The van der Waals surface area contributed by atoms with Crippen LogP contribution >= 0.6 is 0 Å². The SMILES string of the molecule is CC[Si](CC)(CC)OC1=CCC(C)(C)C1. The minimum absolute atomic E-state index is 0.435. The maximum absolute atomic E-state index is 6.38. The van der Waals surface area contributed by atoms with Crippen molar-refractivity contribution in [2.75, 3.05) is 0 Å². The van der Waals surface area contributed by atoms with Crippen LogP contribution < -0.4 is 0 Å². The summed E-state index contributed by atoms with van der Waals surface area (Å²) in [6, 6.07) is 3.74. The average Bonchev–Trinajstić information content (AvgIpc) is 2.55. The van der Waals surface area contributed by atoms with E-state index in [0.29, 0.717) is 5.41 Å². The number of hydrogen-bond acceptors (Lipinski definition) is 1. The second kappa shape index (κ2) is 4.73. The first-order valence-electron chi connectivity index (χ1n) is 6.35. The molecule has 0 aromatic heterocycles. The minimum Gasteiger partial charge on any atom is -0.547 e. The van der Waals surface area contributed by atoms with Crippen molar-refractivity contribution in [3.8, 4) is 0 Å². The average molecular weight is 226 g/mol. The fourth-order valence-corrected chi connectivity index (χ4v) is 4.97. The van der Waals surface area contributed by atoms with E-state index < -0.39 is 8.32 Å². The highest BCUT2D eigenvalue weighted by Crippen LogP contribution is 2.39. The van der Waals surface area contributed by atoms with E-state index >= 15 is 0 Å². The van der Waals surface area contributed by atoms with Crippen LogP contribution in [0, 0.1) is 5.41 Å². The first-order chi connectivity index (χ1) is 6.97. The first-order valence-corrected chi connectivity index (χ1v) is 8.88. The van der Waals surface area contributed by atoms with Gasteiger partial charge in [-0.3, -0.25) is 0 Å². The maximum atomic E-state index is 6.38. The van der Waals surface area contributed by atoms with Crippen LogP contribution in [0.25, 0.3) is 0 Å². The normalized spacial score (nSPS) is 20.2. The van der Waals surface area contributed by atoms with Gasteiger partial charge in [0, 0.05) is 6.42 Å². The molecule has 0 radical (unpaired) electrons. The van der Waals surface area contributed by atoms with Crippen LogP contribution in [-0.2, 0) is 4.43 Å². The van der Waals surface area contributed by atoms with E-state index in [2.05, 4.69) is 40.7 Å². The molecule has 0 saturated heterocycles. The third-order valence-corrected chi connectivity index (χ3v) is 8.38. The molecule has 0 fully saturated rings. The molecular formula is C13H26OSi. The van der Waals surface area contributed by atoms with E-state index in [1.165, 1.54) is 30.3 Å². The smallest absolute Gasteiger partial charge is 0.250 e. The third kappa shape index (κ3) is 3.10. The van der Waals surface area contributed by atoms with Crippen LogP contribution in [0.1, 0.15) is 47.5 Å². The summed E-state index contributed by atoms with van der Waals surface area (Å²) < 4.78 is 6.38. The van der Waals surface area contributed by atoms with Crippen molar-refractivity contribution in [1.82, 2.24) is 0 Å². The van der Waals surface area contributed by atoms with Gasteiger partial charge in [0.2, 0.25) is 8.32 Å². The van der Waals surface area contributed by atoms with Crippen molar-refractivity contribution in [1.29, 1.82) is 0 Å². The van der Waals surface area contributed by atoms with Crippen molar-refractivity contribution >= 4 is 8.32 Å². The lowest BCUT2D eigenvalue weighted by Crippen LogP contribution is -2.35. The highest BCUT2D eigenvalue weighted by atomic mass is 28.4. The molecule has 1 aliphatic carbocycles. The molecule has 88 valence electrons. The van der Waals surface area contributed by atoms with E-state index in [4.69, 9.17) is 4.43 Å². The third-order valence-electron chi connectivity index (χ3n) is 3.82. The Morgan fingerprint density at radius 3 is 2.07 bits per heavy atom. The van der Waals surface area contributed by atoms with Gasteiger partial charge in [-0.05, 0) is 36.0 Å². The lowest BCUT2D eigenvalue weighted by Gasteiger charge is -2.30. The Labute approximate surface area is 96.0 Å². The van der Waals surface area contributed by atoms with Crippen LogP contribution in [0.4, 0.5) is 0 Å². The van der Waals surface area contributed by atoms with Gasteiger partial charge >= 0.3 is 0 Å². The van der Waals surface area contributed by atoms with E-state index in [9.17, 15) is 0 Å². The van der Waals surface area contributed by atoms with Crippen molar-refractivity contribution < 1.29 is 4.43 Å². The van der Waals surface area contributed by atoms with E-state index in [-0.39, 0.29) is 0 Å². The lowest BCUT2D eigenvalue weighted by molar-refractivity contribution is 0.323. The predicted molar refractivity (Wildman–Crippen MR) is 69.4 cm³/mol. The molecule has 0 aromatic carbocycles. The Morgan fingerprint density at radius 1 is 1.20 bits per heavy atom. The van der Waals surface area contributed by atoms with E-state index in [0.717, 1.165) is 6.42 Å². The zero-order chi connectivity index (χ0) is 11.5. The van der Waals surface area contributed by atoms with Crippen LogP contribution in [0.3, 0.4) is 0 Å². The number of hydrogen-bond donors (Lipinski definition) is 0. The largest absolute Gasteiger partial charge is 0.547 e. The summed E-state index contributed by atoms with van der Waals surface area (Å²) in [6.07, 6.45) is 4.65. The van der Waals surface area contributed by atoms with Gasteiger partial charge in [0.05, 0.1) is 5.76 Å². The number of rotatable bonds is 5. The second-order valence-electron chi connectivity index (χ2n) is 5.56. The molecule has 0 heterocycles. The quantitative estimate of drug-likeness (QED) is 0.617. The molecule has 0 aliphatic heterocycles. The van der Waals surface area contributed by atoms with Crippen LogP contribution in [-0.4, -0.2) is 8.32 Å². The van der Waals surface area contributed by atoms with Crippen molar-refractivity contribution in [2.24, 2.45) is 5.41 Å². The molecule has 0 N–H and O–H groups in total. The van der Waals surface area contributed by atoms with Crippen LogP contribution in [0.15, 0.2) is 11.8 Å². The predicted octanol–water partition coefficient (Wildman–Crippen LogP) is 4.71. The Balaban J connectivity index is 2.61. The summed E-state index contributed by atoms with van der Waals surface area (Å²) in [7, 11) is -1.41. The van der Waals surface area contributed by atoms with Gasteiger partial charge in [0.25, 0.3) is 0 Å². The molecule has 2 heteroatoms. The highest BCUT2D eigenvalue weighted by Gasteiger charge is 2.34. The Hall–Kier alpha value is -0.243. The first kappa shape index (κ1) is 12.8. The van der Waals surface area contributed by atoms with Gasteiger partial charge in [-0.1, -0.05) is 34.6 Å². The monoisotopic (exact) mass is 226 g/mol. The summed E-state index contributed by atoms with van der Waals surface area (Å²) in [4.78, 5) is 0. The molecule has 1 aliphatic rings. The van der Waals surface area contributed by atoms with Crippen molar-refractivity contribution in [3.63, 3.8) is 0 Å². The van der Waals surface area contributed by atoms with E-state index in [1.807, 2.05) is 0 Å². The van der Waals surface area contributed by atoms with Crippen molar-refractivity contribution in [3.05, 3.63) is 11.8 Å². The maximum Gasteiger partial charge on any atom is 0.250 e. The fourth-order valence-electron chi connectivity index (χ4n) is 2.33. The summed E-state index contributed by atoms with van der Waals surface area (Å²) in [5.41, 5.74) is 0.435. The Kier molecular flexibility index (Phi) is 4.04. The number of allylic oxidation sites excluding steroid dienone is 2. The summed E-state index contributed by atoms with van der Waals surface area (Å²) in [6.45, 7) is 11.5. The van der Waals surface area contributed by atoms with Gasteiger partial charge in [-0.25, -0.2) is 0 Å². The van der Waals surface area contributed by atoms with Gasteiger partial charge in [-0.15, -0.1) is 0 Å². The standard InChI is InChI=1S/C13H26OSi/c1-6-15(7-2,8-3)14-12-9-10-13(4,5)11-12/h9H,6-8,10-11H2,1-5H3. The van der Waals surface area contributed by atoms with Gasteiger partial charge in [0.15, 0.2) is 0 Å². The van der Waals surface area contributed by atoms with Crippen molar-refractivity contribution in [2.45, 2.75) is 65.6 Å². The topological polar surface area (TPSA) is 9.23 Å². The zero-order valence-corrected chi connectivity index (χ0v) is 12.0. The van der Waals surface area contributed by atoms with Gasteiger partial charge in [0.1, 0.15) is 0 Å². The molecule has 0 atom stereocenters. The van der Waals surface area contributed by atoms with Crippen LogP contribution in [0.2, 0.25) is 18.1 Å². The molecule has 0 unspecified atom stereocenters. The molecule has 0 bridgehead atoms. The molecule has 15 heavy (non-hydrogen) atoms. The summed E-state index contributed by atoms with van der Waals surface area (Å²) in [5, 5.41) is 0. The molecule has 0 amide bonds. The summed E-state index contributed by atoms with van der Waals surface area (Å²) >= 11 is 0. The highest BCUT2D eigenvalue weighted by molar-refractivity contribution is 6.73. The van der Waals surface area contributed by atoms with Gasteiger partial charge in [-0.2, -0.15) is 0 Å². The second-order valence-corrected chi connectivity index (χ2v) is 10.3. The molecule has 1 nitrogen and oxygen atoms in total. The molecule has 0 aromatic rings. The van der Waals surface area contributed by atoms with Gasteiger partial charge < -0.3 is 4.43 Å². The molecule has 1 rings (SSSR count). The van der Waals surface area contributed by atoms with Crippen LogP contribution in [0.5, 0.6) is 0 Å². The zero-order valence-electron chi connectivity index (χ0n) is 11.0. The molecule has 0 saturated carbocycles.